The van der Waals surface area contributed by atoms with Crippen LogP contribution >= 0.6 is 11.8 Å². The van der Waals surface area contributed by atoms with Crippen LogP contribution in [-0.2, 0) is 10.0 Å². The molecule has 4 aromatic rings. The lowest BCUT2D eigenvalue weighted by Crippen LogP contribution is -2.14. The number of thioether (sulfide) groups is 1. The van der Waals surface area contributed by atoms with Crippen molar-refractivity contribution in [3.63, 3.8) is 0 Å². The van der Waals surface area contributed by atoms with Crippen LogP contribution in [-0.4, -0.2) is 36.4 Å². The molecule has 0 fully saturated rings. The maximum atomic E-state index is 13.2. The molecule has 0 spiro atoms. The van der Waals surface area contributed by atoms with Gasteiger partial charge in [0.25, 0.3) is 10.0 Å². The van der Waals surface area contributed by atoms with Crippen molar-refractivity contribution >= 4 is 33.1 Å². The van der Waals surface area contributed by atoms with E-state index in [-0.39, 0.29) is 10.6 Å². The molecule has 0 amide bonds. The highest BCUT2D eigenvalue weighted by atomic mass is 32.2. The first kappa shape index (κ1) is 21.2. The number of sulfonamides is 1. The van der Waals surface area contributed by atoms with Crippen molar-refractivity contribution in [2.45, 2.75) is 23.6 Å². The van der Waals surface area contributed by atoms with Crippen molar-refractivity contribution < 1.29 is 13.2 Å². The second kappa shape index (κ2) is 8.24. The van der Waals surface area contributed by atoms with Crippen molar-refractivity contribution in [1.82, 2.24) is 14.6 Å². The highest BCUT2D eigenvalue weighted by Crippen LogP contribution is 2.33. The van der Waals surface area contributed by atoms with Gasteiger partial charge >= 0.3 is 0 Å². The van der Waals surface area contributed by atoms with E-state index in [1.807, 2.05) is 44.4 Å². The monoisotopic (exact) mass is 454 g/mol. The molecule has 0 aliphatic rings. The van der Waals surface area contributed by atoms with E-state index in [2.05, 4.69) is 14.8 Å². The molecule has 0 aliphatic carbocycles. The Morgan fingerprint density at radius 1 is 1.10 bits per heavy atom. The molecule has 2 aromatic heterocycles. The van der Waals surface area contributed by atoms with E-state index >= 15 is 0 Å². The predicted octanol–water partition coefficient (Wildman–Crippen LogP) is 4.54. The number of fused-ring (bicyclic) bond motifs is 1. The molecule has 2 aromatic carbocycles. The summed E-state index contributed by atoms with van der Waals surface area (Å²) in [6.45, 7) is 3.87. The minimum absolute atomic E-state index is 0.0470. The molecule has 0 aliphatic heterocycles. The van der Waals surface area contributed by atoms with Gasteiger partial charge in [-0.1, -0.05) is 12.1 Å². The molecule has 0 unspecified atom stereocenters. The first-order valence-corrected chi connectivity index (χ1v) is 12.2. The van der Waals surface area contributed by atoms with Crippen LogP contribution in [0.2, 0.25) is 0 Å². The summed E-state index contributed by atoms with van der Waals surface area (Å²) in [6, 6.07) is 14.2. The fraction of sp³-hybridized carbons (Fsp3) is 0.182. The fourth-order valence-corrected chi connectivity index (χ4v) is 5.13. The van der Waals surface area contributed by atoms with Crippen LogP contribution in [0.15, 0.2) is 64.5 Å². The van der Waals surface area contributed by atoms with Crippen molar-refractivity contribution in [1.29, 1.82) is 0 Å². The maximum absolute atomic E-state index is 13.2. The molecule has 0 saturated carbocycles. The van der Waals surface area contributed by atoms with E-state index in [0.29, 0.717) is 16.9 Å². The number of hydrogen-bond donors (Lipinski definition) is 1. The van der Waals surface area contributed by atoms with Crippen molar-refractivity contribution in [2.75, 3.05) is 18.1 Å². The maximum Gasteiger partial charge on any atom is 0.265 e. The van der Waals surface area contributed by atoms with Gasteiger partial charge in [0, 0.05) is 27.5 Å². The average Bonchev–Trinajstić information content (AvgIpc) is 3.17. The van der Waals surface area contributed by atoms with E-state index in [0.717, 1.165) is 21.8 Å². The van der Waals surface area contributed by atoms with Crippen molar-refractivity contribution in [3.8, 4) is 16.9 Å². The van der Waals surface area contributed by atoms with Gasteiger partial charge in [-0.3, -0.25) is 4.72 Å². The molecule has 0 bridgehead atoms. The number of benzene rings is 2. The van der Waals surface area contributed by atoms with Crippen molar-refractivity contribution in [2.24, 2.45) is 0 Å². The van der Waals surface area contributed by atoms with Gasteiger partial charge in [0.05, 0.1) is 13.3 Å². The summed E-state index contributed by atoms with van der Waals surface area (Å²) in [5.74, 6) is 0.258. The lowest BCUT2D eigenvalue weighted by Gasteiger charge is -2.13. The Morgan fingerprint density at radius 2 is 1.90 bits per heavy atom. The zero-order chi connectivity index (χ0) is 22.2. The van der Waals surface area contributed by atoms with Gasteiger partial charge in [-0.15, -0.1) is 11.8 Å². The normalized spacial score (nSPS) is 11.6. The number of hydrogen-bond acceptors (Lipinski definition) is 6. The fourth-order valence-electron chi connectivity index (χ4n) is 3.43. The number of aryl methyl sites for hydroxylation is 2. The highest BCUT2D eigenvalue weighted by Gasteiger charge is 2.22. The summed E-state index contributed by atoms with van der Waals surface area (Å²) in [4.78, 5) is 5.61. The van der Waals surface area contributed by atoms with E-state index in [1.54, 1.807) is 46.7 Å². The van der Waals surface area contributed by atoms with Crippen LogP contribution in [0.1, 0.15) is 11.4 Å². The van der Waals surface area contributed by atoms with Gasteiger partial charge in [-0.25, -0.2) is 17.9 Å². The summed E-state index contributed by atoms with van der Waals surface area (Å²) < 4.78 is 36.2. The molecule has 4 rings (SSSR count). The third kappa shape index (κ3) is 4.11. The zero-order valence-corrected chi connectivity index (χ0v) is 19.2. The Kier molecular flexibility index (Phi) is 5.63. The first-order chi connectivity index (χ1) is 14.8. The molecule has 31 heavy (non-hydrogen) atoms. The summed E-state index contributed by atoms with van der Waals surface area (Å²) in [6.07, 6.45) is 3.64. The summed E-state index contributed by atoms with van der Waals surface area (Å²) in [5, 5.41) is 4.41. The second-order valence-corrected chi connectivity index (χ2v) is 9.57. The molecule has 9 heteroatoms. The number of nitrogens with one attached hydrogen (secondary N) is 1. The van der Waals surface area contributed by atoms with Gasteiger partial charge in [0.1, 0.15) is 10.6 Å². The summed E-state index contributed by atoms with van der Waals surface area (Å²) in [7, 11) is -2.45. The lowest BCUT2D eigenvalue weighted by molar-refractivity contribution is 0.403. The third-order valence-electron chi connectivity index (χ3n) is 4.86. The molecule has 7 nitrogen and oxygen atoms in total. The number of rotatable bonds is 6. The smallest absolute Gasteiger partial charge is 0.265 e. The summed E-state index contributed by atoms with van der Waals surface area (Å²) in [5.41, 5.74) is 4.41. The van der Waals surface area contributed by atoms with Crippen LogP contribution < -0.4 is 9.46 Å². The van der Waals surface area contributed by atoms with Gasteiger partial charge in [0.2, 0.25) is 0 Å². The second-order valence-electron chi connectivity index (χ2n) is 7.04. The van der Waals surface area contributed by atoms with Gasteiger partial charge in [-0.05, 0) is 62.1 Å². The number of methoxy groups -OCH3 is 1. The molecule has 1 N–H and O–H groups in total. The molecule has 0 saturated heterocycles. The Bertz CT molecular complexity index is 1380. The SMILES string of the molecule is COc1ccc(-c2cnn3c(C)cc(C)nc23)cc1S(=O)(=O)Nc1cccc(SC)c1. The number of anilines is 1. The van der Waals surface area contributed by atoms with E-state index in [4.69, 9.17) is 4.74 Å². The summed E-state index contributed by atoms with van der Waals surface area (Å²) >= 11 is 1.54. The van der Waals surface area contributed by atoms with Crippen LogP contribution in [0, 0.1) is 13.8 Å². The number of nitrogens with zero attached hydrogens (tertiary/aromatic N) is 3. The molecule has 0 radical (unpaired) electrons. The minimum atomic E-state index is -3.90. The van der Waals surface area contributed by atoms with Gasteiger partial charge in [-0.2, -0.15) is 5.10 Å². The van der Waals surface area contributed by atoms with Gasteiger partial charge < -0.3 is 4.74 Å². The zero-order valence-electron chi connectivity index (χ0n) is 17.6. The predicted molar refractivity (Wildman–Crippen MR) is 123 cm³/mol. The van der Waals surface area contributed by atoms with E-state index in [9.17, 15) is 8.42 Å². The van der Waals surface area contributed by atoms with Crippen molar-refractivity contribution in [3.05, 3.63) is 66.1 Å². The van der Waals surface area contributed by atoms with Gasteiger partial charge in [0.15, 0.2) is 5.65 Å². The highest BCUT2D eigenvalue weighted by molar-refractivity contribution is 7.98. The quantitative estimate of drug-likeness (QED) is 0.431. The van der Waals surface area contributed by atoms with Crippen LogP contribution in [0.4, 0.5) is 5.69 Å². The Morgan fingerprint density at radius 3 is 2.65 bits per heavy atom. The van der Waals surface area contributed by atoms with Crippen LogP contribution in [0.3, 0.4) is 0 Å². The molecule has 160 valence electrons. The van der Waals surface area contributed by atoms with Crippen LogP contribution in [0.25, 0.3) is 16.8 Å². The standard InChI is InChI=1S/C22H22N4O3S2/c1-14-10-15(2)26-22(24-14)19(13-23-26)16-8-9-20(29-3)21(11-16)31(27,28)25-17-6-5-7-18(12-17)30-4/h5-13,25H,1-4H3. The Balaban J connectivity index is 1.81. The molecular formula is C22H22N4O3S2. The molecular weight excluding hydrogens is 432 g/mol. The average molecular weight is 455 g/mol. The molecule has 2 heterocycles. The largest absolute Gasteiger partial charge is 0.495 e. The topological polar surface area (TPSA) is 85.6 Å². The lowest BCUT2D eigenvalue weighted by atomic mass is 10.1. The van der Waals surface area contributed by atoms with E-state index in [1.165, 1.54) is 7.11 Å². The minimum Gasteiger partial charge on any atom is -0.495 e. The Labute approximate surface area is 185 Å². The third-order valence-corrected chi connectivity index (χ3v) is 6.99. The number of aromatic nitrogens is 3. The van der Waals surface area contributed by atoms with E-state index < -0.39 is 10.0 Å². The number of ether oxygens (including phenoxy) is 1. The first-order valence-electron chi connectivity index (χ1n) is 9.49. The van der Waals surface area contributed by atoms with Crippen LogP contribution in [0.5, 0.6) is 5.75 Å². The molecule has 0 atom stereocenters. The Hall–Kier alpha value is -3.04.